The lowest BCUT2D eigenvalue weighted by Gasteiger charge is -2.10. The Hall–Kier alpha value is -2.67. The molecule has 3 aromatic rings. The van der Waals surface area contributed by atoms with Crippen molar-refractivity contribution >= 4 is 23.4 Å². The van der Waals surface area contributed by atoms with Crippen molar-refractivity contribution < 1.29 is 9.18 Å². The Bertz CT molecular complexity index is 879. The Labute approximate surface area is 149 Å². The lowest BCUT2D eigenvalue weighted by atomic mass is 10.1. The van der Waals surface area contributed by atoms with Gasteiger partial charge in [0.2, 0.25) is 11.1 Å². The number of amides is 1. The Morgan fingerprint density at radius 1 is 1.24 bits per heavy atom. The fourth-order valence-corrected chi connectivity index (χ4v) is 2.89. The second-order valence-corrected chi connectivity index (χ2v) is 6.90. The monoisotopic (exact) mass is 356 g/mol. The standard InChI is InChI=1S/C18H17FN4OS/c1-11-6-8-13(9-7-11)16-21-18(23-22-16)25-12(2)17(24)20-15-5-3-4-14(19)10-15/h3-10,12H,1-2H3,(H,20,24)(H,21,22,23). The van der Waals surface area contributed by atoms with Crippen LogP contribution in [0.25, 0.3) is 11.4 Å². The van der Waals surface area contributed by atoms with E-state index in [1.165, 1.54) is 29.5 Å². The number of hydrogen-bond donors (Lipinski definition) is 2. The van der Waals surface area contributed by atoms with Crippen LogP contribution < -0.4 is 5.32 Å². The van der Waals surface area contributed by atoms with Gasteiger partial charge in [-0.25, -0.2) is 9.37 Å². The number of aryl methyl sites for hydroxylation is 1. The molecule has 2 aromatic carbocycles. The zero-order valence-electron chi connectivity index (χ0n) is 13.8. The first kappa shape index (κ1) is 17.2. The van der Waals surface area contributed by atoms with Gasteiger partial charge in [-0.15, -0.1) is 5.10 Å². The first-order valence-corrected chi connectivity index (χ1v) is 8.62. The highest BCUT2D eigenvalue weighted by atomic mass is 32.2. The molecule has 2 N–H and O–H groups in total. The number of benzene rings is 2. The first-order valence-electron chi connectivity index (χ1n) is 7.74. The zero-order chi connectivity index (χ0) is 17.8. The normalized spacial score (nSPS) is 12.0. The van der Waals surface area contributed by atoms with E-state index < -0.39 is 11.1 Å². The lowest BCUT2D eigenvalue weighted by Crippen LogP contribution is -2.22. The molecular formula is C18H17FN4OS. The van der Waals surface area contributed by atoms with Crippen molar-refractivity contribution in [2.75, 3.05) is 5.32 Å². The number of thioether (sulfide) groups is 1. The van der Waals surface area contributed by atoms with E-state index in [0.717, 1.165) is 5.56 Å². The maximum absolute atomic E-state index is 13.2. The molecule has 1 amide bonds. The topological polar surface area (TPSA) is 70.7 Å². The number of rotatable bonds is 5. The van der Waals surface area contributed by atoms with Crippen LogP contribution in [0.4, 0.5) is 10.1 Å². The van der Waals surface area contributed by atoms with Gasteiger partial charge in [-0.1, -0.05) is 47.7 Å². The van der Waals surface area contributed by atoms with E-state index >= 15 is 0 Å². The van der Waals surface area contributed by atoms with Gasteiger partial charge in [0.15, 0.2) is 5.82 Å². The summed E-state index contributed by atoms with van der Waals surface area (Å²) in [5, 5.41) is 9.76. The fraction of sp³-hybridized carbons (Fsp3) is 0.167. The molecule has 25 heavy (non-hydrogen) atoms. The molecule has 1 aromatic heterocycles. The van der Waals surface area contributed by atoms with E-state index in [4.69, 9.17) is 0 Å². The highest BCUT2D eigenvalue weighted by Crippen LogP contribution is 2.24. The van der Waals surface area contributed by atoms with Crippen molar-refractivity contribution in [3.63, 3.8) is 0 Å². The average molecular weight is 356 g/mol. The molecule has 0 spiro atoms. The van der Waals surface area contributed by atoms with Crippen LogP contribution in [-0.2, 0) is 4.79 Å². The van der Waals surface area contributed by atoms with E-state index in [0.29, 0.717) is 16.7 Å². The molecule has 0 radical (unpaired) electrons. The van der Waals surface area contributed by atoms with Crippen molar-refractivity contribution in [2.24, 2.45) is 0 Å². The highest BCUT2D eigenvalue weighted by Gasteiger charge is 2.17. The molecule has 0 saturated heterocycles. The predicted octanol–water partition coefficient (Wildman–Crippen LogP) is 4.04. The number of carbonyl (C=O) groups is 1. The number of carbonyl (C=O) groups excluding carboxylic acids is 1. The number of halogens is 1. The molecule has 0 aliphatic heterocycles. The molecular weight excluding hydrogens is 339 g/mol. The summed E-state index contributed by atoms with van der Waals surface area (Å²) in [6.07, 6.45) is 0. The van der Waals surface area contributed by atoms with Crippen molar-refractivity contribution in [2.45, 2.75) is 24.3 Å². The van der Waals surface area contributed by atoms with E-state index in [2.05, 4.69) is 20.5 Å². The van der Waals surface area contributed by atoms with Crippen molar-refractivity contribution in [3.05, 3.63) is 59.9 Å². The van der Waals surface area contributed by atoms with Crippen LogP contribution in [0, 0.1) is 12.7 Å². The maximum Gasteiger partial charge on any atom is 0.237 e. The summed E-state index contributed by atoms with van der Waals surface area (Å²) >= 11 is 1.23. The van der Waals surface area contributed by atoms with Gasteiger partial charge in [-0.05, 0) is 32.0 Å². The van der Waals surface area contributed by atoms with Crippen molar-refractivity contribution in [3.8, 4) is 11.4 Å². The van der Waals surface area contributed by atoms with E-state index in [9.17, 15) is 9.18 Å². The number of anilines is 1. The molecule has 1 heterocycles. The van der Waals surface area contributed by atoms with E-state index in [1.54, 1.807) is 19.1 Å². The molecule has 128 valence electrons. The van der Waals surface area contributed by atoms with Gasteiger partial charge in [-0.2, -0.15) is 0 Å². The van der Waals surface area contributed by atoms with E-state index in [-0.39, 0.29) is 5.91 Å². The zero-order valence-corrected chi connectivity index (χ0v) is 14.6. The van der Waals surface area contributed by atoms with Gasteiger partial charge in [0, 0.05) is 11.3 Å². The lowest BCUT2D eigenvalue weighted by molar-refractivity contribution is -0.115. The summed E-state index contributed by atoms with van der Waals surface area (Å²) in [5.74, 6) is 0.0207. The second-order valence-electron chi connectivity index (χ2n) is 5.59. The number of H-pyrrole nitrogens is 1. The molecule has 1 atom stereocenters. The molecule has 3 rings (SSSR count). The van der Waals surface area contributed by atoms with Gasteiger partial charge in [0.05, 0.1) is 5.25 Å². The van der Waals surface area contributed by atoms with E-state index in [1.807, 2.05) is 31.2 Å². The largest absolute Gasteiger partial charge is 0.325 e. The van der Waals surface area contributed by atoms with Crippen LogP contribution in [0.2, 0.25) is 0 Å². The molecule has 7 heteroatoms. The molecule has 1 unspecified atom stereocenters. The Morgan fingerprint density at radius 2 is 2.00 bits per heavy atom. The number of nitrogens with zero attached hydrogens (tertiary/aromatic N) is 2. The molecule has 0 aliphatic carbocycles. The first-order chi connectivity index (χ1) is 12.0. The van der Waals surface area contributed by atoms with Gasteiger partial charge < -0.3 is 5.32 Å². The number of aromatic amines is 1. The smallest absolute Gasteiger partial charge is 0.237 e. The van der Waals surface area contributed by atoms with Gasteiger partial charge in [0.25, 0.3) is 0 Å². The highest BCUT2D eigenvalue weighted by molar-refractivity contribution is 8.00. The van der Waals surface area contributed by atoms with Gasteiger partial charge >= 0.3 is 0 Å². The summed E-state index contributed by atoms with van der Waals surface area (Å²) in [7, 11) is 0. The third-order valence-corrected chi connectivity index (χ3v) is 4.49. The van der Waals surface area contributed by atoms with Crippen LogP contribution in [-0.4, -0.2) is 26.3 Å². The summed E-state index contributed by atoms with van der Waals surface area (Å²) in [5.41, 5.74) is 2.52. The van der Waals surface area contributed by atoms with Crippen LogP contribution in [0.15, 0.2) is 53.7 Å². The fourth-order valence-electron chi connectivity index (χ4n) is 2.16. The number of aromatic nitrogens is 3. The quantitative estimate of drug-likeness (QED) is 0.677. The summed E-state index contributed by atoms with van der Waals surface area (Å²) in [4.78, 5) is 16.6. The van der Waals surface area contributed by atoms with Crippen LogP contribution >= 0.6 is 11.8 Å². The Kier molecular flexibility index (Phi) is 5.14. The molecule has 0 aliphatic rings. The summed E-state index contributed by atoms with van der Waals surface area (Å²) in [6.45, 7) is 3.77. The average Bonchev–Trinajstić information content (AvgIpc) is 3.04. The third-order valence-electron chi connectivity index (χ3n) is 3.53. The summed E-state index contributed by atoms with van der Waals surface area (Å²) < 4.78 is 13.2. The third kappa shape index (κ3) is 4.45. The number of nitrogens with one attached hydrogen (secondary N) is 2. The van der Waals surface area contributed by atoms with Gasteiger partial charge in [0.1, 0.15) is 5.82 Å². The predicted molar refractivity (Wildman–Crippen MR) is 96.9 cm³/mol. The maximum atomic E-state index is 13.2. The van der Waals surface area contributed by atoms with Crippen LogP contribution in [0.3, 0.4) is 0 Å². The minimum absolute atomic E-state index is 0.239. The van der Waals surface area contributed by atoms with Crippen molar-refractivity contribution in [1.29, 1.82) is 0 Å². The summed E-state index contributed by atoms with van der Waals surface area (Å²) in [6, 6.07) is 13.7. The molecule has 0 bridgehead atoms. The Morgan fingerprint density at radius 3 is 2.72 bits per heavy atom. The van der Waals surface area contributed by atoms with Crippen molar-refractivity contribution in [1.82, 2.24) is 15.2 Å². The minimum Gasteiger partial charge on any atom is -0.325 e. The molecule has 5 nitrogen and oxygen atoms in total. The minimum atomic E-state index is -0.426. The second kappa shape index (κ2) is 7.48. The van der Waals surface area contributed by atoms with Crippen LogP contribution in [0.5, 0.6) is 0 Å². The molecule has 0 fully saturated rings. The van der Waals surface area contributed by atoms with Crippen LogP contribution in [0.1, 0.15) is 12.5 Å². The molecule has 0 saturated carbocycles. The SMILES string of the molecule is Cc1ccc(-c2nc(SC(C)C(=O)Nc3cccc(F)c3)n[nH]2)cc1. The number of hydrogen-bond acceptors (Lipinski definition) is 4. The van der Waals surface area contributed by atoms with Gasteiger partial charge in [-0.3, -0.25) is 9.89 Å². The Balaban J connectivity index is 1.63.